The van der Waals surface area contributed by atoms with E-state index in [-0.39, 0.29) is 17.4 Å². The van der Waals surface area contributed by atoms with Crippen LogP contribution in [-0.2, 0) is 16.0 Å². The molecule has 2 amide bonds. The normalized spacial score (nSPS) is 18.5. The van der Waals surface area contributed by atoms with Crippen LogP contribution in [0.1, 0.15) is 36.8 Å². The van der Waals surface area contributed by atoms with Crippen molar-refractivity contribution in [3.05, 3.63) is 59.9 Å². The maximum Gasteiger partial charge on any atom is 0.220 e. The number of amides is 2. The van der Waals surface area contributed by atoms with Crippen LogP contribution in [0.5, 0.6) is 5.75 Å². The van der Waals surface area contributed by atoms with Gasteiger partial charge in [0.1, 0.15) is 12.4 Å². The van der Waals surface area contributed by atoms with Crippen LogP contribution in [0.4, 0.5) is 0 Å². The van der Waals surface area contributed by atoms with Crippen molar-refractivity contribution < 1.29 is 14.3 Å². The molecule has 0 spiro atoms. The standard InChI is InChI=1S/C22H27N3O3/c1-17-4-6-18(7-5-17)15-22(11-9-21(27)25-22)10-8-20(26)24-13-14-28-19-3-2-12-23-16-19/h2-7,12,16H,8-11,13-15H2,1H3,(H,24,26)(H,25,27). The average Bonchev–Trinajstić information content (AvgIpc) is 3.07. The Morgan fingerprint density at radius 3 is 2.79 bits per heavy atom. The molecule has 0 bridgehead atoms. The molecule has 2 aromatic rings. The van der Waals surface area contributed by atoms with E-state index in [4.69, 9.17) is 4.74 Å². The van der Waals surface area contributed by atoms with E-state index in [0.29, 0.717) is 38.2 Å². The lowest BCUT2D eigenvalue weighted by Crippen LogP contribution is -2.44. The van der Waals surface area contributed by atoms with Gasteiger partial charge in [-0.15, -0.1) is 0 Å². The molecule has 1 unspecified atom stereocenters. The molecule has 1 aromatic carbocycles. The number of carbonyl (C=O) groups excluding carboxylic acids is 2. The third-order valence-electron chi connectivity index (χ3n) is 5.06. The van der Waals surface area contributed by atoms with Gasteiger partial charge in [-0.3, -0.25) is 14.6 Å². The molecule has 1 fully saturated rings. The highest BCUT2D eigenvalue weighted by Gasteiger charge is 2.37. The first-order valence-corrected chi connectivity index (χ1v) is 9.71. The first-order chi connectivity index (χ1) is 13.5. The van der Waals surface area contributed by atoms with Gasteiger partial charge in [-0.05, 0) is 43.9 Å². The SMILES string of the molecule is Cc1ccc(CC2(CCC(=O)NCCOc3cccnc3)CCC(=O)N2)cc1. The highest BCUT2D eigenvalue weighted by molar-refractivity contribution is 5.80. The van der Waals surface area contributed by atoms with Crippen molar-refractivity contribution >= 4 is 11.8 Å². The summed E-state index contributed by atoms with van der Waals surface area (Å²) < 4.78 is 5.52. The minimum Gasteiger partial charge on any atom is -0.490 e. The van der Waals surface area contributed by atoms with E-state index in [1.54, 1.807) is 18.5 Å². The monoisotopic (exact) mass is 381 g/mol. The van der Waals surface area contributed by atoms with Crippen LogP contribution in [0.3, 0.4) is 0 Å². The highest BCUT2D eigenvalue weighted by Crippen LogP contribution is 2.29. The number of hydrogen-bond donors (Lipinski definition) is 2. The molecule has 148 valence electrons. The van der Waals surface area contributed by atoms with Gasteiger partial charge in [-0.1, -0.05) is 29.8 Å². The van der Waals surface area contributed by atoms with Gasteiger partial charge in [0.05, 0.1) is 12.7 Å². The first kappa shape index (κ1) is 19.9. The fraction of sp³-hybridized carbons (Fsp3) is 0.409. The summed E-state index contributed by atoms with van der Waals surface area (Å²) in [5.74, 6) is 0.721. The van der Waals surface area contributed by atoms with Gasteiger partial charge in [0.25, 0.3) is 0 Å². The molecule has 1 aliphatic rings. The van der Waals surface area contributed by atoms with Gasteiger partial charge in [-0.25, -0.2) is 0 Å². The van der Waals surface area contributed by atoms with Gasteiger partial charge < -0.3 is 15.4 Å². The van der Waals surface area contributed by atoms with Crippen LogP contribution < -0.4 is 15.4 Å². The van der Waals surface area contributed by atoms with Crippen molar-refractivity contribution in [1.82, 2.24) is 15.6 Å². The van der Waals surface area contributed by atoms with E-state index >= 15 is 0 Å². The van der Waals surface area contributed by atoms with Crippen LogP contribution >= 0.6 is 0 Å². The number of rotatable bonds is 9. The van der Waals surface area contributed by atoms with E-state index in [2.05, 4.69) is 46.8 Å². The summed E-state index contributed by atoms with van der Waals surface area (Å²) in [5, 5.41) is 6.00. The molecule has 1 atom stereocenters. The molecule has 2 N–H and O–H groups in total. The molecule has 0 radical (unpaired) electrons. The van der Waals surface area contributed by atoms with Crippen molar-refractivity contribution in [1.29, 1.82) is 0 Å². The Hall–Kier alpha value is -2.89. The summed E-state index contributed by atoms with van der Waals surface area (Å²) in [5.41, 5.74) is 2.05. The number of nitrogens with one attached hydrogen (secondary N) is 2. The molecule has 1 aliphatic heterocycles. The molecule has 1 aromatic heterocycles. The molecule has 28 heavy (non-hydrogen) atoms. The lowest BCUT2D eigenvalue weighted by atomic mass is 9.84. The van der Waals surface area contributed by atoms with Crippen LogP contribution in [0.2, 0.25) is 0 Å². The summed E-state index contributed by atoms with van der Waals surface area (Å²) >= 11 is 0. The zero-order valence-corrected chi connectivity index (χ0v) is 16.2. The summed E-state index contributed by atoms with van der Waals surface area (Å²) in [7, 11) is 0. The van der Waals surface area contributed by atoms with Crippen molar-refractivity contribution in [3.63, 3.8) is 0 Å². The van der Waals surface area contributed by atoms with Crippen LogP contribution in [0, 0.1) is 6.92 Å². The Kier molecular flexibility index (Phi) is 6.63. The third-order valence-corrected chi connectivity index (χ3v) is 5.06. The highest BCUT2D eigenvalue weighted by atomic mass is 16.5. The zero-order chi connectivity index (χ0) is 19.8. The minimum absolute atomic E-state index is 0.0285. The van der Waals surface area contributed by atoms with Crippen molar-refractivity contribution in [2.24, 2.45) is 0 Å². The number of aryl methyl sites for hydroxylation is 1. The summed E-state index contributed by atoms with van der Waals surface area (Å²) in [6.07, 6.45) is 6.35. The molecule has 2 heterocycles. The third kappa shape index (κ3) is 5.81. The number of aromatic nitrogens is 1. The molecule has 6 heteroatoms. The van der Waals surface area contributed by atoms with E-state index in [1.807, 2.05) is 6.07 Å². The lowest BCUT2D eigenvalue weighted by Gasteiger charge is -2.29. The van der Waals surface area contributed by atoms with Crippen LogP contribution in [-0.4, -0.2) is 35.5 Å². The first-order valence-electron chi connectivity index (χ1n) is 9.71. The van der Waals surface area contributed by atoms with Gasteiger partial charge in [-0.2, -0.15) is 0 Å². The second-order valence-corrected chi connectivity index (χ2v) is 7.38. The molecule has 1 saturated heterocycles. The van der Waals surface area contributed by atoms with E-state index in [9.17, 15) is 9.59 Å². The maximum absolute atomic E-state index is 12.2. The number of carbonyl (C=O) groups is 2. The van der Waals surface area contributed by atoms with Gasteiger partial charge >= 0.3 is 0 Å². The number of ether oxygens (including phenoxy) is 1. The molecule has 0 aliphatic carbocycles. The molecular formula is C22H27N3O3. The Morgan fingerprint density at radius 1 is 1.29 bits per heavy atom. The number of hydrogen-bond acceptors (Lipinski definition) is 4. The Morgan fingerprint density at radius 2 is 2.11 bits per heavy atom. The fourth-order valence-corrected chi connectivity index (χ4v) is 3.51. The van der Waals surface area contributed by atoms with Crippen LogP contribution in [0.15, 0.2) is 48.8 Å². The molecule has 6 nitrogen and oxygen atoms in total. The largest absolute Gasteiger partial charge is 0.490 e. The zero-order valence-electron chi connectivity index (χ0n) is 16.2. The Labute approximate surface area is 165 Å². The summed E-state index contributed by atoms with van der Waals surface area (Å²) in [4.78, 5) is 28.1. The van der Waals surface area contributed by atoms with Gasteiger partial charge in [0.2, 0.25) is 11.8 Å². The Bertz CT molecular complexity index is 792. The van der Waals surface area contributed by atoms with Crippen molar-refractivity contribution in [2.75, 3.05) is 13.2 Å². The van der Waals surface area contributed by atoms with Gasteiger partial charge in [0.15, 0.2) is 0 Å². The second-order valence-electron chi connectivity index (χ2n) is 7.38. The average molecular weight is 381 g/mol. The maximum atomic E-state index is 12.2. The van der Waals surface area contributed by atoms with E-state index in [0.717, 1.165) is 12.8 Å². The summed E-state index contributed by atoms with van der Waals surface area (Å²) in [6, 6.07) is 12.0. The number of benzene rings is 1. The molecule has 3 rings (SSSR count). The Balaban J connectivity index is 1.46. The smallest absolute Gasteiger partial charge is 0.220 e. The topological polar surface area (TPSA) is 80.3 Å². The predicted octanol–water partition coefficient (Wildman–Crippen LogP) is 2.56. The number of nitrogens with zero attached hydrogens (tertiary/aromatic N) is 1. The molecule has 0 saturated carbocycles. The van der Waals surface area contributed by atoms with Gasteiger partial charge in [0, 0.05) is 24.6 Å². The predicted molar refractivity (Wildman–Crippen MR) is 107 cm³/mol. The second kappa shape index (κ2) is 9.35. The fourth-order valence-electron chi connectivity index (χ4n) is 3.51. The van der Waals surface area contributed by atoms with Crippen molar-refractivity contribution in [3.8, 4) is 5.75 Å². The minimum atomic E-state index is -0.337. The van der Waals surface area contributed by atoms with E-state index < -0.39 is 0 Å². The van der Waals surface area contributed by atoms with Crippen molar-refractivity contribution in [2.45, 2.75) is 44.6 Å². The van der Waals surface area contributed by atoms with Crippen LogP contribution in [0.25, 0.3) is 0 Å². The lowest BCUT2D eigenvalue weighted by molar-refractivity contribution is -0.122. The molecular weight excluding hydrogens is 354 g/mol. The quantitative estimate of drug-likeness (QED) is 0.654. The number of pyridine rings is 1. The van der Waals surface area contributed by atoms with E-state index in [1.165, 1.54) is 11.1 Å². The summed E-state index contributed by atoms with van der Waals surface area (Å²) in [6.45, 7) is 2.88.